The molecule has 2 aromatic rings. The van der Waals surface area contributed by atoms with Crippen molar-refractivity contribution in [1.29, 1.82) is 0 Å². The molecule has 0 aliphatic heterocycles. The van der Waals surface area contributed by atoms with E-state index in [1.54, 1.807) is 24.3 Å². The Balaban J connectivity index is 1.88. The number of aliphatic hydroxyl groups excluding tert-OH is 1. The van der Waals surface area contributed by atoms with Gasteiger partial charge < -0.3 is 15.0 Å². The standard InChI is InChI=1S/C15H17ClN2O2/c1-11(18-8-2-3-9-18)15(20)17-10-14(19)12-4-6-13(16)7-5-12/h2-9,11,14,19H,10H2,1H3,(H,17,20). The van der Waals surface area contributed by atoms with Crippen LogP contribution < -0.4 is 5.32 Å². The molecule has 0 spiro atoms. The number of nitrogens with one attached hydrogen (secondary N) is 1. The van der Waals surface area contributed by atoms with Gasteiger partial charge in [-0.2, -0.15) is 0 Å². The smallest absolute Gasteiger partial charge is 0.242 e. The number of nitrogens with zero attached hydrogens (tertiary/aromatic N) is 1. The summed E-state index contributed by atoms with van der Waals surface area (Å²) in [6.07, 6.45) is 2.92. The van der Waals surface area contributed by atoms with Gasteiger partial charge in [-0.1, -0.05) is 23.7 Å². The van der Waals surface area contributed by atoms with Gasteiger partial charge in [-0.3, -0.25) is 4.79 Å². The molecule has 2 N–H and O–H groups in total. The Labute approximate surface area is 123 Å². The molecule has 2 unspecified atom stereocenters. The van der Waals surface area contributed by atoms with Crippen LogP contribution in [-0.2, 0) is 4.79 Å². The lowest BCUT2D eigenvalue weighted by molar-refractivity contribution is -0.124. The Morgan fingerprint density at radius 3 is 2.50 bits per heavy atom. The number of amides is 1. The van der Waals surface area contributed by atoms with Gasteiger partial charge in [0.1, 0.15) is 6.04 Å². The summed E-state index contributed by atoms with van der Waals surface area (Å²) in [6.45, 7) is 1.98. The molecule has 0 radical (unpaired) electrons. The van der Waals surface area contributed by atoms with Crippen molar-refractivity contribution in [2.24, 2.45) is 0 Å². The Morgan fingerprint density at radius 1 is 1.30 bits per heavy atom. The van der Waals surface area contributed by atoms with Crippen LogP contribution in [0.5, 0.6) is 0 Å². The van der Waals surface area contributed by atoms with Gasteiger partial charge in [-0.05, 0) is 36.8 Å². The topological polar surface area (TPSA) is 54.3 Å². The first-order valence-corrected chi connectivity index (χ1v) is 6.79. The largest absolute Gasteiger partial charge is 0.387 e. The number of rotatable bonds is 5. The highest BCUT2D eigenvalue weighted by atomic mass is 35.5. The van der Waals surface area contributed by atoms with Crippen LogP contribution in [0.1, 0.15) is 24.6 Å². The molecule has 0 bridgehead atoms. The molecule has 0 saturated carbocycles. The summed E-state index contributed by atoms with van der Waals surface area (Å²) in [5.74, 6) is -0.130. The Morgan fingerprint density at radius 2 is 1.90 bits per heavy atom. The van der Waals surface area contributed by atoms with Gasteiger partial charge in [0, 0.05) is 24.0 Å². The second-order valence-corrected chi connectivity index (χ2v) is 5.06. The molecule has 0 aliphatic rings. The molecule has 106 valence electrons. The maximum absolute atomic E-state index is 12.0. The summed E-state index contributed by atoms with van der Waals surface area (Å²) in [5, 5.41) is 13.4. The van der Waals surface area contributed by atoms with Gasteiger partial charge in [-0.15, -0.1) is 0 Å². The van der Waals surface area contributed by atoms with E-state index in [1.807, 2.05) is 36.0 Å². The zero-order chi connectivity index (χ0) is 14.5. The van der Waals surface area contributed by atoms with Crippen molar-refractivity contribution in [3.05, 3.63) is 59.4 Å². The molecule has 1 amide bonds. The van der Waals surface area contributed by atoms with E-state index >= 15 is 0 Å². The highest BCUT2D eigenvalue weighted by molar-refractivity contribution is 6.30. The minimum Gasteiger partial charge on any atom is -0.387 e. The number of aromatic nitrogens is 1. The van der Waals surface area contributed by atoms with Crippen molar-refractivity contribution in [3.8, 4) is 0 Å². The lowest BCUT2D eigenvalue weighted by Crippen LogP contribution is -2.33. The highest BCUT2D eigenvalue weighted by Crippen LogP contribution is 2.16. The molecule has 2 rings (SSSR count). The van der Waals surface area contributed by atoms with Crippen molar-refractivity contribution in [1.82, 2.24) is 9.88 Å². The van der Waals surface area contributed by atoms with E-state index < -0.39 is 6.10 Å². The molecule has 1 heterocycles. The van der Waals surface area contributed by atoms with Crippen LogP contribution in [0.3, 0.4) is 0 Å². The van der Waals surface area contributed by atoms with Crippen molar-refractivity contribution in [2.75, 3.05) is 6.54 Å². The summed E-state index contributed by atoms with van der Waals surface area (Å²) in [5.41, 5.74) is 0.725. The summed E-state index contributed by atoms with van der Waals surface area (Å²) < 4.78 is 1.81. The molecule has 2 atom stereocenters. The zero-order valence-corrected chi connectivity index (χ0v) is 11.9. The number of halogens is 1. The number of hydrogen-bond acceptors (Lipinski definition) is 2. The first-order chi connectivity index (χ1) is 9.58. The quantitative estimate of drug-likeness (QED) is 0.890. The normalized spacial score (nSPS) is 13.8. The Bertz CT molecular complexity index is 552. The molecular weight excluding hydrogens is 276 g/mol. The van der Waals surface area contributed by atoms with Crippen molar-refractivity contribution < 1.29 is 9.90 Å². The maximum Gasteiger partial charge on any atom is 0.242 e. The first kappa shape index (κ1) is 14.6. The third-order valence-electron chi connectivity index (χ3n) is 3.18. The molecular formula is C15H17ClN2O2. The van der Waals surface area contributed by atoms with Gasteiger partial charge >= 0.3 is 0 Å². The van der Waals surface area contributed by atoms with E-state index in [1.165, 1.54) is 0 Å². The number of carbonyl (C=O) groups excluding carboxylic acids is 1. The molecule has 0 fully saturated rings. The summed E-state index contributed by atoms with van der Waals surface area (Å²) in [4.78, 5) is 12.0. The Hall–Kier alpha value is -1.78. The predicted octanol–water partition coefficient (Wildman–Crippen LogP) is 2.55. The lowest BCUT2D eigenvalue weighted by Gasteiger charge is -2.16. The van der Waals surface area contributed by atoms with Crippen molar-refractivity contribution in [3.63, 3.8) is 0 Å². The van der Waals surface area contributed by atoms with Crippen LogP contribution >= 0.6 is 11.6 Å². The minimum atomic E-state index is -0.743. The lowest BCUT2D eigenvalue weighted by atomic mass is 10.1. The predicted molar refractivity (Wildman–Crippen MR) is 78.6 cm³/mol. The van der Waals surface area contributed by atoms with Gasteiger partial charge in [0.15, 0.2) is 0 Å². The third kappa shape index (κ3) is 3.62. The van der Waals surface area contributed by atoms with Crippen LogP contribution in [0.4, 0.5) is 0 Å². The molecule has 1 aromatic heterocycles. The third-order valence-corrected chi connectivity index (χ3v) is 3.43. The minimum absolute atomic E-state index is 0.130. The van der Waals surface area contributed by atoms with E-state index in [0.717, 1.165) is 5.56 Å². The molecule has 0 aliphatic carbocycles. The van der Waals surface area contributed by atoms with Crippen LogP contribution in [0.2, 0.25) is 5.02 Å². The monoisotopic (exact) mass is 292 g/mol. The van der Waals surface area contributed by atoms with E-state index in [9.17, 15) is 9.90 Å². The van der Waals surface area contributed by atoms with Crippen molar-refractivity contribution in [2.45, 2.75) is 19.1 Å². The maximum atomic E-state index is 12.0. The fraction of sp³-hybridized carbons (Fsp3) is 0.267. The molecule has 0 saturated heterocycles. The van der Waals surface area contributed by atoms with E-state index in [-0.39, 0.29) is 18.5 Å². The van der Waals surface area contributed by atoms with Crippen LogP contribution in [-0.4, -0.2) is 22.1 Å². The van der Waals surface area contributed by atoms with E-state index in [0.29, 0.717) is 5.02 Å². The van der Waals surface area contributed by atoms with Gasteiger partial charge in [-0.25, -0.2) is 0 Å². The average Bonchev–Trinajstić information content (AvgIpc) is 2.98. The number of hydrogen-bond donors (Lipinski definition) is 2. The van der Waals surface area contributed by atoms with Gasteiger partial charge in [0.2, 0.25) is 5.91 Å². The highest BCUT2D eigenvalue weighted by Gasteiger charge is 2.15. The number of carbonyl (C=O) groups is 1. The van der Waals surface area contributed by atoms with Gasteiger partial charge in [0.25, 0.3) is 0 Å². The number of benzene rings is 1. The zero-order valence-electron chi connectivity index (χ0n) is 11.2. The fourth-order valence-electron chi connectivity index (χ4n) is 1.89. The van der Waals surface area contributed by atoms with Crippen LogP contribution in [0.15, 0.2) is 48.8 Å². The summed E-state index contributed by atoms with van der Waals surface area (Å²) in [6, 6.07) is 10.3. The van der Waals surface area contributed by atoms with Crippen molar-refractivity contribution >= 4 is 17.5 Å². The summed E-state index contributed by atoms with van der Waals surface area (Å²) >= 11 is 5.79. The number of aliphatic hydroxyl groups is 1. The molecule has 20 heavy (non-hydrogen) atoms. The average molecular weight is 293 g/mol. The molecule has 4 nitrogen and oxygen atoms in total. The van der Waals surface area contributed by atoms with Gasteiger partial charge in [0.05, 0.1) is 6.10 Å². The first-order valence-electron chi connectivity index (χ1n) is 6.41. The SMILES string of the molecule is CC(C(=O)NCC(O)c1ccc(Cl)cc1)n1cccc1. The Kier molecular flexibility index (Phi) is 4.82. The van der Waals surface area contributed by atoms with Crippen LogP contribution in [0.25, 0.3) is 0 Å². The summed E-state index contributed by atoms with van der Waals surface area (Å²) in [7, 11) is 0. The van der Waals surface area contributed by atoms with Crippen LogP contribution in [0, 0.1) is 0 Å². The second kappa shape index (κ2) is 6.59. The second-order valence-electron chi connectivity index (χ2n) is 4.62. The van der Waals surface area contributed by atoms with E-state index in [4.69, 9.17) is 11.6 Å². The molecule has 5 heteroatoms. The molecule has 1 aromatic carbocycles. The fourth-order valence-corrected chi connectivity index (χ4v) is 2.02. The van der Waals surface area contributed by atoms with E-state index in [2.05, 4.69) is 5.32 Å².